The molecule has 10 heteroatoms. The van der Waals surface area contributed by atoms with Crippen LogP contribution in [0, 0.1) is 0 Å². The molecule has 4 aromatic rings. The summed E-state index contributed by atoms with van der Waals surface area (Å²) >= 11 is 2.53. The number of nitrogens with zero attached hydrogens (tertiary/aromatic N) is 2. The molecule has 0 amide bonds. The molecule has 156 valence electrons. The van der Waals surface area contributed by atoms with Crippen molar-refractivity contribution in [3.05, 3.63) is 52.9 Å². The highest BCUT2D eigenvalue weighted by Crippen LogP contribution is 2.35. The van der Waals surface area contributed by atoms with Crippen LogP contribution in [-0.2, 0) is 14.8 Å². The Morgan fingerprint density at radius 1 is 1.27 bits per heavy atom. The lowest BCUT2D eigenvalue weighted by molar-refractivity contribution is -0.138. The number of fused-ring (bicyclic) bond motifs is 1. The minimum atomic E-state index is -3.66. The largest absolute Gasteiger partial charge is 0.481 e. The van der Waals surface area contributed by atoms with Crippen LogP contribution in [0.5, 0.6) is 0 Å². The first-order valence-corrected chi connectivity index (χ1v) is 12.4. The number of aromatic amines is 1. The number of hydrogen-bond acceptors (Lipinski definition) is 6. The molecule has 2 N–H and O–H groups in total. The van der Waals surface area contributed by atoms with E-state index < -0.39 is 21.9 Å². The van der Waals surface area contributed by atoms with Crippen molar-refractivity contribution in [3.63, 3.8) is 0 Å². The Bertz CT molecular complexity index is 1310. The predicted octanol–water partition coefficient (Wildman–Crippen LogP) is 4.76. The van der Waals surface area contributed by atoms with Crippen molar-refractivity contribution >= 4 is 55.3 Å². The van der Waals surface area contributed by atoms with E-state index in [1.54, 1.807) is 35.0 Å². The molecule has 0 radical (unpaired) electrons. The standard InChI is InChI=1S/C20H19N3O4S3/c1-3-13(20(24)25)15-11-29-19(22-15)14-10-12-6-4-7-16(18(12)21-14)23(2)30(26,27)17-8-5-9-28-17/h4-11,13,21H,3H2,1-2H3,(H,24,25). The van der Waals surface area contributed by atoms with Crippen LogP contribution in [0.25, 0.3) is 21.6 Å². The highest BCUT2D eigenvalue weighted by molar-refractivity contribution is 7.94. The van der Waals surface area contributed by atoms with Crippen molar-refractivity contribution in [2.75, 3.05) is 11.4 Å². The number of sulfonamides is 1. The van der Waals surface area contributed by atoms with Crippen molar-refractivity contribution in [1.29, 1.82) is 0 Å². The van der Waals surface area contributed by atoms with E-state index in [1.807, 2.05) is 19.1 Å². The number of hydrogen-bond donors (Lipinski definition) is 2. The molecule has 1 unspecified atom stereocenters. The van der Waals surface area contributed by atoms with Gasteiger partial charge in [0.15, 0.2) is 0 Å². The van der Waals surface area contributed by atoms with E-state index in [9.17, 15) is 18.3 Å². The molecule has 30 heavy (non-hydrogen) atoms. The molecule has 3 aromatic heterocycles. The molecule has 1 atom stereocenters. The Balaban J connectivity index is 1.75. The van der Waals surface area contributed by atoms with Crippen LogP contribution >= 0.6 is 22.7 Å². The highest BCUT2D eigenvalue weighted by atomic mass is 32.2. The molecule has 0 aliphatic rings. The maximum absolute atomic E-state index is 12.9. The first kappa shape index (κ1) is 20.6. The number of anilines is 1. The zero-order chi connectivity index (χ0) is 21.5. The topological polar surface area (TPSA) is 103 Å². The Morgan fingerprint density at radius 3 is 2.73 bits per heavy atom. The van der Waals surface area contributed by atoms with E-state index in [2.05, 4.69) is 9.97 Å². The summed E-state index contributed by atoms with van der Waals surface area (Å²) in [5, 5.41) is 14.4. The molecule has 0 saturated heterocycles. The van der Waals surface area contributed by atoms with E-state index in [0.717, 1.165) is 11.1 Å². The van der Waals surface area contributed by atoms with Gasteiger partial charge in [0.2, 0.25) is 0 Å². The number of para-hydroxylation sites is 1. The number of benzene rings is 1. The summed E-state index contributed by atoms with van der Waals surface area (Å²) in [5.74, 6) is -1.54. The number of nitrogens with one attached hydrogen (secondary N) is 1. The van der Waals surface area contributed by atoms with Crippen LogP contribution < -0.4 is 4.31 Å². The SMILES string of the molecule is CCC(C(=O)O)c1csc(-c2cc3cccc(N(C)S(=O)(=O)c4cccs4)c3[nH]2)n1. The molecule has 0 saturated carbocycles. The van der Waals surface area contributed by atoms with Crippen LogP contribution in [0.2, 0.25) is 0 Å². The van der Waals surface area contributed by atoms with Gasteiger partial charge in [-0.25, -0.2) is 13.4 Å². The van der Waals surface area contributed by atoms with Crippen molar-refractivity contribution in [2.24, 2.45) is 0 Å². The van der Waals surface area contributed by atoms with E-state index in [4.69, 9.17) is 0 Å². The number of carboxylic acid groups (broad SMARTS) is 1. The van der Waals surface area contributed by atoms with Crippen molar-refractivity contribution in [3.8, 4) is 10.7 Å². The summed E-state index contributed by atoms with van der Waals surface area (Å²) in [7, 11) is -2.13. The highest BCUT2D eigenvalue weighted by Gasteiger charge is 2.25. The van der Waals surface area contributed by atoms with Crippen LogP contribution in [-0.4, -0.2) is 36.5 Å². The fourth-order valence-electron chi connectivity index (χ4n) is 3.27. The summed E-state index contributed by atoms with van der Waals surface area (Å²) in [6.45, 7) is 1.82. The van der Waals surface area contributed by atoms with Crippen LogP contribution in [0.1, 0.15) is 25.0 Å². The molecule has 7 nitrogen and oxygen atoms in total. The first-order valence-electron chi connectivity index (χ1n) is 9.15. The zero-order valence-corrected chi connectivity index (χ0v) is 18.6. The minimum Gasteiger partial charge on any atom is -0.481 e. The molecule has 0 aliphatic heterocycles. The van der Waals surface area contributed by atoms with Gasteiger partial charge in [0.25, 0.3) is 10.0 Å². The third-order valence-corrected chi connectivity index (χ3v) is 8.94. The molecule has 0 spiro atoms. The molecule has 1 aromatic carbocycles. The van der Waals surface area contributed by atoms with Crippen molar-refractivity contribution in [2.45, 2.75) is 23.5 Å². The quantitative estimate of drug-likeness (QED) is 0.413. The van der Waals surface area contributed by atoms with Crippen LogP contribution in [0.15, 0.2) is 51.4 Å². The third-order valence-electron chi connectivity index (χ3n) is 4.90. The van der Waals surface area contributed by atoms with Gasteiger partial charge in [-0.1, -0.05) is 25.1 Å². The summed E-state index contributed by atoms with van der Waals surface area (Å²) in [4.78, 5) is 19.2. The van der Waals surface area contributed by atoms with E-state index in [1.165, 1.54) is 34.0 Å². The molecule has 3 heterocycles. The Kier molecular flexibility index (Phi) is 5.39. The van der Waals surface area contributed by atoms with Crippen LogP contribution in [0.4, 0.5) is 5.69 Å². The number of aromatic nitrogens is 2. The van der Waals surface area contributed by atoms with E-state index in [-0.39, 0.29) is 4.21 Å². The second-order valence-electron chi connectivity index (χ2n) is 6.71. The molecule has 0 aliphatic carbocycles. The average molecular weight is 462 g/mol. The smallest absolute Gasteiger partial charge is 0.312 e. The molecular formula is C20H19N3O4S3. The van der Waals surface area contributed by atoms with E-state index >= 15 is 0 Å². The Morgan fingerprint density at radius 2 is 2.07 bits per heavy atom. The maximum Gasteiger partial charge on any atom is 0.312 e. The summed E-state index contributed by atoms with van der Waals surface area (Å²) < 4.78 is 27.4. The lowest BCUT2D eigenvalue weighted by atomic mass is 10.0. The molecular weight excluding hydrogens is 442 g/mol. The van der Waals surface area contributed by atoms with Crippen molar-refractivity contribution < 1.29 is 18.3 Å². The Labute approximate surface area is 181 Å². The fraction of sp³-hybridized carbons (Fsp3) is 0.200. The number of thiazole rings is 1. The lowest BCUT2D eigenvalue weighted by Crippen LogP contribution is -2.26. The number of rotatable bonds is 7. The molecule has 0 fully saturated rings. The second-order valence-corrected chi connectivity index (χ2v) is 10.7. The number of aliphatic carboxylic acids is 1. The van der Waals surface area contributed by atoms with Gasteiger partial charge in [0.05, 0.1) is 28.5 Å². The van der Waals surface area contributed by atoms with Crippen molar-refractivity contribution in [1.82, 2.24) is 9.97 Å². The third kappa shape index (κ3) is 3.51. The van der Waals surface area contributed by atoms with Gasteiger partial charge in [-0.15, -0.1) is 22.7 Å². The summed E-state index contributed by atoms with van der Waals surface area (Å²) in [5.41, 5.74) is 2.45. The van der Waals surface area contributed by atoms with Crippen LogP contribution in [0.3, 0.4) is 0 Å². The van der Waals surface area contributed by atoms with Gasteiger partial charge in [-0.3, -0.25) is 9.10 Å². The molecule has 4 rings (SSSR count). The number of H-pyrrole nitrogens is 1. The van der Waals surface area contributed by atoms with Gasteiger partial charge in [0, 0.05) is 17.8 Å². The lowest BCUT2D eigenvalue weighted by Gasteiger charge is -2.19. The number of carboxylic acids is 1. The fourth-order valence-corrected chi connectivity index (χ4v) is 6.49. The predicted molar refractivity (Wildman–Crippen MR) is 120 cm³/mol. The zero-order valence-electron chi connectivity index (χ0n) is 16.2. The monoisotopic (exact) mass is 461 g/mol. The normalized spacial score (nSPS) is 12.9. The number of carbonyl (C=O) groups is 1. The summed E-state index contributed by atoms with van der Waals surface area (Å²) in [6.07, 6.45) is 0.459. The Hall–Kier alpha value is -2.69. The first-order chi connectivity index (χ1) is 14.3. The van der Waals surface area contributed by atoms with Gasteiger partial charge in [-0.2, -0.15) is 0 Å². The van der Waals surface area contributed by atoms with Gasteiger partial charge < -0.3 is 10.1 Å². The van der Waals surface area contributed by atoms with Gasteiger partial charge >= 0.3 is 5.97 Å². The van der Waals surface area contributed by atoms with Gasteiger partial charge in [0.1, 0.15) is 9.22 Å². The average Bonchev–Trinajstić information content (AvgIpc) is 3.46. The van der Waals surface area contributed by atoms with Gasteiger partial charge in [-0.05, 0) is 30.0 Å². The minimum absolute atomic E-state index is 0.276. The summed E-state index contributed by atoms with van der Waals surface area (Å²) in [6, 6.07) is 10.6. The second kappa shape index (κ2) is 7.86. The maximum atomic E-state index is 12.9. The number of thiophene rings is 1. The van der Waals surface area contributed by atoms with E-state index in [0.29, 0.717) is 28.3 Å². The molecule has 0 bridgehead atoms.